The largest absolute Gasteiger partial charge is 0.360 e. The highest BCUT2D eigenvalue weighted by atomic mass is 16.5. The zero-order valence-corrected chi connectivity index (χ0v) is 14.2. The number of rotatable bonds is 2. The lowest BCUT2D eigenvalue weighted by molar-refractivity contribution is 0.0722. The third-order valence-corrected chi connectivity index (χ3v) is 4.35. The van der Waals surface area contributed by atoms with Crippen LogP contribution in [0.2, 0.25) is 0 Å². The molecule has 0 saturated heterocycles. The lowest BCUT2D eigenvalue weighted by Crippen LogP contribution is -2.36. The Kier molecular flexibility index (Phi) is 3.80. The second kappa shape index (κ2) is 6.12. The summed E-state index contributed by atoms with van der Waals surface area (Å²) in [6.07, 6.45) is 0.657. The molecule has 4 rings (SSSR count). The minimum absolute atomic E-state index is 0.0838. The number of hydrogen-bond acceptors (Lipinski definition) is 5. The van der Waals surface area contributed by atoms with Gasteiger partial charge in [0.05, 0.1) is 6.54 Å². The Morgan fingerprint density at radius 2 is 1.96 bits per heavy atom. The molecule has 6 nitrogen and oxygen atoms in total. The van der Waals surface area contributed by atoms with Crippen LogP contribution in [0.1, 0.15) is 33.3 Å². The Morgan fingerprint density at radius 1 is 1.16 bits per heavy atom. The predicted octanol–water partition coefficient (Wildman–Crippen LogP) is 2.95. The first-order valence-corrected chi connectivity index (χ1v) is 8.26. The molecule has 3 aromatic rings. The smallest absolute Gasteiger partial charge is 0.272 e. The zero-order valence-electron chi connectivity index (χ0n) is 14.2. The number of carbonyl (C=O) groups excluding carboxylic acids is 1. The van der Waals surface area contributed by atoms with Crippen LogP contribution in [0.5, 0.6) is 0 Å². The average Bonchev–Trinajstić information content (AvgIpc) is 3.04. The molecule has 0 spiro atoms. The van der Waals surface area contributed by atoms with Crippen LogP contribution in [0, 0.1) is 13.8 Å². The molecule has 1 aliphatic heterocycles. The van der Waals surface area contributed by atoms with Crippen molar-refractivity contribution in [1.29, 1.82) is 0 Å². The molecule has 1 aliphatic rings. The summed E-state index contributed by atoms with van der Waals surface area (Å²) in [7, 11) is 0. The molecule has 0 radical (unpaired) electrons. The van der Waals surface area contributed by atoms with Gasteiger partial charge < -0.3 is 9.42 Å². The van der Waals surface area contributed by atoms with Gasteiger partial charge in [-0.15, -0.1) is 0 Å². The number of carbonyl (C=O) groups is 1. The van der Waals surface area contributed by atoms with Gasteiger partial charge in [0.25, 0.3) is 5.91 Å². The molecule has 1 aromatic carbocycles. The average molecular weight is 334 g/mol. The van der Waals surface area contributed by atoms with E-state index < -0.39 is 0 Å². The van der Waals surface area contributed by atoms with Crippen molar-refractivity contribution in [3.05, 3.63) is 64.9 Å². The standard InChI is InChI=1S/C19H18N4O2/c1-12-10-16(21-13(2)20-12)19(24)23-9-8-17-15(11-23)18(22-25-17)14-6-4-3-5-7-14/h3-7,10H,8-9,11H2,1-2H3. The number of amides is 1. The highest BCUT2D eigenvalue weighted by molar-refractivity contribution is 5.92. The maximum absolute atomic E-state index is 12.9. The first kappa shape index (κ1) is 15.5. The molecule has 2 aromatic heterocycles. The molecule has 0 bridgehead atoms. The normalized spacial score (nSPS) is 13.6. The topological polar surface area (TPSA) is 72.1 Å². The molecule has 0 fully saturated rings. The second-order valence-corrected chi connectivity index (χ2v) is 6.22. The van der Waals surface area contributed by atoms with E-state index in [4.69, 9.17) is 4.52 Å². The van der Waals surface area contributed by atoms with Gasteiger partial charge in [-0.1, -0.05) is 35.5 Å². The number of aromatic nitrogens is 3. The van der Waals surface area contributed by atoms with Crippen LogP contribution in [-0.2, 0) is 13.0 Å². The van der Waals surface area contributed by atoms with Gasteiger partial charge in [-0.3, -0.25) is 4.79 Å². The van der Waals surface area contributed by atoms with Crippen molar-refractivity contribution in [2.24, 2.45) is 0 Å². The van der Waals surface area contributed by atoms with E-state index in [1.165, 1.54) is 0 Å². The summed E-state index contributed by atoms with van der Waals surface area (Å²) in [6.45, 7) is 4.74. The van der Waals surface area contributed by atoms with E-state index in [9.17, 15) is 4.79 Å². The highest BCUT2D eigenvalue weighted by Gasteiger charge is 2.28. The maximum Gasteiger partial charge on any atom is 0.272 e. The molecule has 25 heavy (non-hydrogen) atoms. The van der Waals surface area contributed by atoms with Crippen molar-refractivity contribution >= 4 is 5.91 Å². The molecule has 0 N–H and O–H groups in total. The fourth-order valence-electron chi connectivity index (χ4n) is 3.19. The van der Waals surface area contributed by atoms with Crippen molar-refractivity contribution < 1.29 is 9.32 Å². The first-order valence-electron chi connectivity index (χ1n) is 8.26. The van der Waals surface area contributed by atoms with Crippen LogP contribution in [0.15, 0.2) is 40.9 Å². The molecule has 126 valence electrons. The molecule has 0 unspecified atom stereocenters. The number of hydrogen-bond donors (Lipinski definition) is 0. The van der Waals surface area contributed by atoms with Crippen molar-refractivity contribution in [3.63, 3.8) is 0 Å². The summed E-state index contributed by atoms with van der Waals surface area (Å²) in [4.78, 5) is 23.2. The van der Waals surface area contributed by atoms with Gasteiger partial charge >= 0.3 is 0 Å². The van der Waals surface area contributed by atoms with Crippen molar-refractivity contribution in [1.82, 2.24) is 20.0 Å². The quantitative estimate of drug-likeness (QED) is 0.720. The summed E-state index contributed by atoms with van der Waals surface area (Å²) >= 11 is 0. The number of benzene rings is 1. The van der Waals surface area contributed by atoms with Gasteiger partial charge in [0.15, 0.2) is 0 Å². The van der Waals surface area contributed by atoms with Crippen LogP contribution in [0.4, 0.5) is 0 Å². The van der Waals surface area contributed by atoms with Gasteiger partial charge in [-0.2, -0.15) is 0 Å². The number of nitrogens with zero attached hydrogens (tertiary/aromatic N) is 4. The van der Waals surface area contributed by atoms with E-state index in [2.05, 4.69) is 15.1 Å². The Morgan fingerprint density at radius 3 is 2.72 bits per heavy atom. The maximum atomic E-state index is 12.9. The third-order valence-electron chi connectivity index (χ3n) is 4.35. The van der Waals surface area contributed by atoms with Crippen LogP contribution in [0.25, 0.3) is 11.3 Å². The lowest BCUT2D eigenvalue weighted by Gasteiger charge is -2.26. The van der Waals surface area contributed by atoms with E-state index in [1.807, 2.05) is 37.3 Å². The summed E-state index contributed by atoms with van der Waals surface area (Å²) in [5.41, 5.74) is 4.02. The van der Waals surface area contributed by atoms with Crippen LogP contribution in [0.3, 0.4) is 0 Å². The monoisotopic (exact) mass is 334 g/mol. The molecule has 1 amide bonds. The molecule has 0 aliphatic carbocycles. The first-order chi connectivity index (χ1) is 12.1. The van der Waals surface area contributed by atoms with Gasteiger partial charge in [0, 0.05) is 29.8 Å². The van der Waals surface area contributed by atoms with Crippen molar-refractivity contribution in [2.75, 3.05) is 6.54 Å². The van der Waals surface area contributed by atoms with Gasteiger partial charge in [0.2, 0.25) is 0 Å². The van der Waals surface area contributed by atoms with Gasteiger partial charge in [-0.25, -0.2) is 9.97 Å². The SMILES string of the molecule is Cc1cc(C(=O)N2CCc3onc(-c4ccccc4)c3C2)nc(C)n1. The predicted molar refractivity (Wildman–Crippen MR) is 91.9 cm³/mol. The Bertz CT molecular complexity index is 914. The fourth-order valence-corrected chi connectivity index (χ4v) is 3.19. The van der Waals surface area contributed by atoms with Crippen molar-refractivity contribution in [3.8, 4) is 11.3 Å². The second-order valence-electron chi connectivity index (χ2n) is 6.22. The third kappa shape index (κ3) is 2.91. The Balaban J connectivity index is 1.64. The highest BCUT2D eigenvalue weighted by Crippen LogP contribution is 2.30. The summed E-state index contributed by atoms with van der Waals surface area (Å²) in [5, 5.41) is 4.22. The molecule has 0 saturated carbocycles. The van der Waals surface area contributed by atoms with E-state index in [0.29, 0.717) is 31.0 Å². The minimum atomic E-state index is -0.0838. The van der Waals surface area contributed by atoms with E-state index >= 15 is 0 Å². The molecular formula is C19H18N4O2. The minimum Gasteiger partial charge on any atom is -0.360 e. The summed E-state index contributed by atoms with van der Waals surface area (Å²) in [5.74, 6) is 1.38. The van der Waals surface area contributed by atoms with Crippen LogP contribution in [-0.4, -0.2) is 32.5 Å². The summed E-state index contributed by atoms with van der Waals surface area (Å²) < 4.78 is 5.50. The number of aryl methyl sites for hydroxylation is 2. The van der Waals surface area contributed by atoms with Crippen LogP contribution < -0.4 is 0 Å². The van der Waals surface area contributed by atoms with E-state index in [-0.39, 0.29) is 5.91 Å². The molecular weight excluding hydrogens is 316 g/mol. The summed E-state index contributed by atoms with van der Waals surface area (Å²) in [6, 6.07) is 11.6. The fraction of sp³-hybridized carbons (Fsp3) is 0.263. The van der Waals surface area contributed by atoms with Crippen LogP contribution >= 0.6 is 0 Å². The van der Waals surface area contributed by atoms with Gasteiger partial charge in [-0.05, 0) is 19.9 Å². The molecule has 3 heterocycles. The van der Waals surface area contributed by atoms with E-state index in [0.717, 1.165) is 28.3 Å². The Labute approximate surface area is 145 Å². The van der Waals surface area contributed by atoms with Gasteiger partial charge in [0.1, 0.15) is 23.0 Å². The van der Waals surface area contributed by atoms with E-state index in [1.54, 1.807) is 17.9 Å². The lowest BCUT2D eigenvalue weighted by atomic mass is 10.0. The molecule has 0 atom stereocenters. The van der Waals surface area contributed by atoms with Crippen molar-refractivity contribution in [2.45, 2.75) is 26.8 Å². The molecule has 6 heteroatoms. The Hall–Kier alpha value is -3.02. The zero-order chi connectivity index (χ0) is 17.4. The number of fused-ring (bicyclic) bond motifs is 1.